The Kier molecular flexibility index (Phi) is 14.2. The molecule has 0 radical (unpaired) electrons. The fourth-order valence-electron chi connectivity index (χ4n) is 0.841. The van der Waals surface area contributed by atoms with Gasteiger partial charge in [-0.3, -0.25) is 0 Å². The van der Waals surface area contributed by atoms with Crippen molar-refractivity contribution in [1.82, 2.24) is 0 Å². The van der Waals surface area contributed by atoms with Crippen molar-refractivity contribution in [3.63, 3.8) is 0 Å². The van der Waals surface area contributed by atoms with Gasteiger partial charge in [0.2, 0.25) is 5.30 Å². The second-order valence-electron chi connectivity index (χ2n) is 2.55. The van der Waals surface area contributed by atoms with E-state index in [2.05, 4.69) is 0 Å². The molecule has 0 amide bonds. The molecule has 0 aliphatic rings. The number of aliphatic hydroxyl groups is 1. The molecule has 1 rings (SSSR count). The Bertz CT molecular complexity index is 306. The fourth-order valence-corrected chi connectivity index (χ4v) is 1.71. The molecule has 17 heavy (non-hydrogen) atoms. The number of anilines is 1. The lowest BCUT2D eigenvalue weighted by molar-refractivity contribution is 0.318. The number of rotatable bonds is 3. The molecule has 1 aromatic rings. The summed E-state index contributed by atoms with van der Waals surface area (Å²) in [5, 5.41) is 8.15. The van der Waals surface area contributed by atoms with E-state index in [1.807, 2.05) is 13.8 Å². The molecule has 5 heteroatoms. The highest BCUT2D eigenvalue weighted by Gasteiger charge is 2.23. The maximum absolute atomic E-state index is 11.3. The smallest absolute Gasteiger partial charge is 0.397 e. The van der Waals surface area contributed by atoms with Gasteiger partial charge in [0, 0.05) is 6.61 Å². The quantitative estimate of drug-likeness (QED) is 0.647. The lowest BCUT2D eigenvalue weighted by Gasteiger charge is -1.91. The van der Waals surface area contributed by atoms with E-state index in [4.69, 9.17) is 15.4 Å². The van der Waals surface area contributed by atoms with Gasteiger partial charge in [-0.05, 0) is 30.5 Å². The Hall–Kier alpha value is -0.960. The van der Waals surface area contributed by atoms with Crippen LogP contribution in [0.25, 0.3) is 0 Å². The maximum Gasteiger partial charge on any atom is 0.550 e. The summed E-state index contributed by atoms with van der Waals surface area (Å²) in [6.45, 7) is 8.16. The van der Waals surface area contributed by atoms with Gasteiger partial charge < -0.3 is 10.8 Å². The highest BCUT2D eigenvalue weighted by atomic mass is 31.1. The van der Waals surface area contributed by atoms with E-state index in [1.165, 1.54) is 0 Å². The first kappa shape index (κ1) is 18.4. The number of nitrogen functional groups attached to an aromatic ring is 1. The SMILES string of the molecule is CC.CCO.CCO[P+](=O)c1ccccc1N. The van der Waals surface area contributed by atoms with E-state index in [0.717, 1.165) is 0 Å². The minimum atomic E-state index is -1.77. The van der Waals surface area contributed by atoms with E-state index in [1.54, 1.807) is 38.1 Å². The Morgan fingerprint density at radius 3 is 2.18 bits per heavy atom. The van der Waals surface area contributed by atoms with Crippen LogP contribution in [0.5, 0.6) is 0 Å². The van der Waals surface area contributed by atoms with Crippen molar-refractivity contribution in [2.45, 2.75) is 27.7 Å². The van der Waals surface area contributed by atoms with Gasteiger partial charge in [0.1, 0.15) is 6.61 Å². The molecule has 0 aliphatic heterocycles. The van der Waals surface area contributed by atoms with Crippen molar-refractivity contribution in [3.05, 3.63) is 24.3 Å². The molecule has 0 spiro atoms. The molecule has 0 aromatic heterocycles. The number of nitrogens with two attached hydrogens (primary N) is 1. The minimum absolute atomic E-state index is 0.250. The first-order valence-corrected chi connectivity index (χ1v) is 6.90. The van der Waals surface area contributed by atoms with Gasteiger partial charge in [-0.25, -0.2) is 0 Å². The molecule has 0 saturated heterocycles. The topological polar surface area (TPSA) is 72.5 Å². The van der Waals surface area contributed by atoms with E-state index in [-0.39, 0.29) is 6.61 Å². The third-order valence-corrected chi connectivity index (χ3v) is 2.67. The summed E-state index contributed by atoms with van der Waals surface area (Å²) in [6, 6.07) is 7.01. The Morgan fingerprint density at radius 1 is 1.29 bits per heavy atom. The first-order chi connectivity index (χ1) is 8.17. The molecule has 0 fully saturated rings. The van der Waals surface area contributed by atoms with Gasteiger partial charge in [-0.2, -0.15) is 0 Å². The van der Waals surface area contributed by atoms with Crippen LogP contribution >= 0.6 is 8.03 Å². The molecule has 4 nitrogen and oxygen atoms in total. The average molecular weight is 260 g/mol. The van der Waals surface area contributed by atoms with Crippen molar-refractivity contribution in [1.29, 1.82) is 0 Å². The zero-order valence-corrected chi connectivity index (χ0v) is 11.9. The van der Waals surface area contributed by atoms with Crippen LogP contribution in [-0.4, -0.2) is 18.3 Å². The van der Waals surface area contributed by atoms with Crippen LogP contribution < -0.4 is 11.0 Å². The second kappa shape index (κ2) is 13.1. The predicted molar refractivity (Wildman–Crippen MR) is 73.8 cm³/mol. The van der Waals surface area contributed by atoms with Crippen LogP contribution in [0.3, 0.4) is 0 Å². The van der Waals surface area contributed by atoms with Crippen LogP contribution in [-0.2, 0) is 9.09 Å². The van der Waals surface area contributed by atoms with Gasteiger partial charge in [-0.1, -0.05) is 26.0 Å². The summed E-state index contributed by atoms with van der Waals surface area (Å²) < 4.78 is 16.2. The predicted octanol–water partition coefficient (Wildman–Crippen LogP) is 2.70. The summed E-state index contributed by atoms with van der Waals surface area (Å²) in [5.41, 5.74) is 6.11. The summed E-state index contributed by atoms with van der Waals surface area (Å²) in [4.78, 5) is 0. The van der Waals surface area contributed by atoms with Crippen molar-refractivity contribution in [2.24, 2.45) is 0 Å². The van der Waals surface area contributed by atoms with Crippen LogP contribution in [0.2, 0.25) is 0 Å². The number of para-hydroxylation sites is 1. The molecule has 3 N–H and O–H groups in total. The molecule has 0 bridgehead atoms. The summed E-state index contributed by atoms with van der Waals surface area (Å²) in [5.74, 6) is 0. The number of hydrogen-bond acceptors (Lipinski definition) is 4. The molecule has 0 heterocycles. The summed E-state index contributed by atoms with van der Waals surface area (Å²) in [7, 11) is -1.77. The van der Waals surface area contributed by atoms with Gasteiger partial charge in [-0.15, -0.1) is 4.52 Å². The van der Waals surface area contributed by atoms with Crippen LogP contribution in [0.4, 0.5) is 5.69 Å². The van der Waals surface area contributed by atoms with E-state index in [0.29, 0.717) is 17.6 Å². The largest absolute Gasteiger partial charge is 0.550 e. The number of benzene rings is 1. The lowest BCUT2D eigenvalue weighted by atomic mass is 10.3. The monoisotopic (exact) mass is 260 g/mol. The van der Waals surface area contributed by atoms with Crippen LogP contribution in [0.1, 0.15) is 27.7 Å². The Morgan fingerprint density at radius 2 is 1.76 bits per heavy atom. The van der Waals surface area contributed by atoms with E-state index < -0.39 is 8.03 Å². The molecule has 1 unspecified atom stereocenters. The number of hydrogen-bond donors (Lipinski definition) is 2. The van der Waals surface area contributed by atoms with Gasteiger partial charge >= 0.3 is 8.03 Å². The molecule has 0 saturated carbocycles. The van der Waals surface area contributed by atoms with E-state index in [9.17, 15) is 4.57 Å². The van der Waals surface area contributed by atoms with Crippen LogP contribution in [0, 0.1) is 0 Å². The van der Waals surface area contributed by atoms with Crippen LogP contribution in [0.15, 0.2) is 24.3 Å². The fraction of sp³-hybridized carbons (Fsp3) is 0.500. The molecule has 0 aliphatic carbocycles. The standard InChI is InChI=1S/C8H11NO2P.C2H6O.C2H6/c1-2-11-12(10)8-6-4-3-5-7(8)9;1-2-3;1-2/h3-6H,2,9H2,1H3;3H,2H2,1H3;1-2H3/q+1;;. The van der Waals surface area contributed by atoms with Crippen molar-refractivity contribution >= 4 is 19.0 Å². The second-order valence-corrected chi connectivity index (χ2v) is 3.80. The summed E-state index contributed by atoms with van der Waals surface area (Å²) >= 11 is 0. The molecular weight excluding hydrogens is 237 g/mol. The molecule has 98 valence electrons. The van der Waals surface area contributed by atoms with Crippen molar-refractivity contribution in [3.8, 4) is 0 Å². The minimum Gasteiger partial charge on any atom is -0.397 e. The molecular formula is C12H23NO3P+. The van der Waals surface area contributed by atoms with Gasteiger partial charge in [0.25, 0.3) is 0 Å². The Balaban J connectivity index is 0. The van der Waals surface area contributed by atoms with Crippen molar-refractivity contribution < 1.29 is 14.2 Å². The van der Waals surface area contributed by atoms with Gasteiger partial charge in [0.15, 0.2) is 0 Å². The number of aliphatic hydroxyl groups excluding tert-OH is 1. The van der Waals surface area contributed by atoms with E-state index >= 15 is 0 Å². The average Bonchev–Trinajstić information content (AvgIpc) is 2.33. The zero-order valence-electron chi connectivity index (χ0n) is 11.0. The van der Waals surface area contributed by atoms with Crippen molar-refractivity contribution in [2.75, 3.05) is 18.9 Å². The third-order valence-electron chi connectivity index (χ3n) is 1.38. The molecule has 1 atom stereocenters. The maximum atomic E-state index is 11.3. The Labute approximate surface area is 105 Å². The normalized spacial score (nSPS) is 9.35. The first-order valence-electron chi connectivity index (χ1n) is 5.72. The zero-order chi connectivity index (χ0) is 13.7. The molecule has 1 aromatic carbocycles. The van der Waals surface area contributed by atoms with Gasteiger partial charge in [0.05, 0.1) is 5.69 Å². The highest BCUT2D eigenvalue weighted by Crippen LogP contribution is 2.23. The lowest BCUT2D eigenvalue weighted by Crippen LogP contribution is -2.05. The summed E-state index contributed by atoms with van der Waals surface area (Å²) in [6.07, 6.45) is 0. The highest BCUT2D eigenvalue weighted by molar-refractivity contribution is 7.48. The third kappa shape index (κ3) is 8.81.